The molecule has 9 heteroatoms. The standard InChI is InChI=1S/C28H33N5O4/c1-31-12-14-32(15-13-31)28-29-25-10-11-33(26(34)17-20-6-4-7-21(16-20)35-2)19-24(25)27(30-28)37-23-9-5-8-22(18-23)36-3/h4-9,16,18H,10-15,17,19H2,1-3H3. The lowest BCUT2D eigenvalue weighted by Gasteiger charge is -2.34. The molecule has 0 spiro atoms. The van der Waals surface area contributed by atoms with Crippen molar-refractivity contribution in [3.63, 3.8) is 0 Å². The van der Waals surface area contributed by atoms with Crippen molar-refractivity contribution in [3.05, 3.63) is 65.4 Å². The number of hydrogen-bond acceptors (Lipinski definition) is 8. The summed E-state index contributed by atoms with van der Waals surface area (Å²) >= 11 is 0. The minimum atomic E-state index is 0.0503. The van der Waals surface area contributed by atoms with Gasteiger partial charge in [-0.2, -0.15) is 4.98 Å². The number of rotatable bonds is 7. The van der Waals surface area contributed by atoms with E-state index in [1.165, 1.54) is 0 Å². The summed E-state index contributed by atoms with van der Waals surface area (Å²) in [5, 5.41) is 0. The Morgan fingerprint density at radius 2 is 1.59 bits per heavy atom. The number of carbonyl (C=O) groups excluding carboxylic acids is 1. The first-order valence-corrected chi connectivity index (χ1v) is 12.6. The molecule has 0 saturated carbocycles. The number of hydrogen-bond donors (Lipinski definition) is 0. The van der Waals surface area contributed by atoms with Crippen molar-refractivity contribution in [2.24, 2.45) is 0 Å². The number of amides is 1. The van der Waals surface area contributed by atoms with E-state index in [2.05, 4.69) is 16.8 Å². The third-order valence-electron chi connectivity index (χ3n) is 6.89. The van der Waals surface area contributed by atoms with Crippen LogP contribution in [0.5, 0.6) is 23.1 Å². The van der Waals surface area contributed by atoms with Crippen LogP contribution in [0.25, 0.3) is 0 Å². The number of carbonyl (C=O) groups is 1. The number of fused-ring (bicyclic) bond motifs is 1. The number of anilines is 1. The van der Waals surface area contributed by atoms with Crippen LogP contribution in [0, 0.1) is 0 Å². The molecule has 0 aliphatic carbocycles. The molecule has 0 radical (unpaired) electrons. The maximum absolute atomic E-state index is 13.2. The Hall–Kier alpha value is -3.85. The van der Waals surface area contributed by atoms with Crippen LogP contribution in [-0.2, 0) is 24.2 Å². The van der Waals surface area contributed by atoms with Gasteiger partial charge in [0.1, 0.15) is 17.2 Å². The molecule has 0 N–H and O–H groups in total. The van der Waals surface area contributed by atoms with Gasteiger partial charge in [0.25, 0.3) is 0 Å². The maximum atomic E-state index is 13.2. The van der Waals surface area contributed by atoms with Gasteiger partial charge in [-0.05, 0) is 36.9 Å². The van der Waals surface area contributed by atoms with Gasteiger partial charge < -0.3 is 28.9 Å². The van der Waals surface area contributed by atoms with Crippen LogP contribution in [0.2, 0.25) is 0 Å². The monoisotopic (exact) mass is 503 g/mol. The van der Waals surface area contributed by atoms with Crippen LogP contribution in [0.1, 0.15) is 16.8 Å². The molecule has 1 amide bonds. The second-order valence-electron chi connectivity index (χ2n) is 9.42. The molecule has 1 saturated heterocycles. The molecule has 9 nitrogen and oxygen atoms in total. The average molecular weight is 504 g/mol. The van der Waals surface area contributed by atoms with Crippen molar-refractivity contribution in [2.45, 2.75) is 19.4 Å². The second-order valence-corrected chi connectivity index (χ2v) is 9.42. The lowest BCUT2D eigenvalue weighted by molar-refractivity contribution is -0.131. The second kappa shape index (κ2) is 11.0. The third kappa shape index (κ3) is 5.77. The summed E-state index contributed by atoms with van der Waals surface area (Å²) in [6, 6.07) is 15.1. The van der Waals surface area contributed by atoms with Gasteiger partial charge in [0.15, 0.2) is 0 Å². The fourth-order valence-corrected chi connectivity index (χ4v) is 4.66. The smallest absolute Gasteiger partial charge is 0.229 e. The third-order valence-corrected chi connectivity index (χ3v) is 6.89. The molecule has 0 unspecified atom stereocenters. The van der Waals surface area contributed by atoms with Crippen LogP contribution < -0.4 is 19.1 Å². The Labute approximate surface area is 217 Å². The van der Waals surface area contributed by atoms with E-state index in [9.17, 15) is 4.79 Å². The van der Waals surface area contributed by atoms with E-state index in [0.717, 1.165) is 48.7 Å². The van der Waals surface area contributed by atoms with Gasteiger partial charge in [-0.3, -0.25) is 4.79 Å². The molecule has 3 heterocycles. The molecule has 1 aromatic heterocycles. The van der Waals surface area contributed by atoms with Crippen LogP contribution in [0.15, 0.2) is 48.5 Å². The van der Waals surface area contributed by atoms with Gasteiger partial charge in [0.2, 0.25) is 17.7 Å². The van der Waals surface area contributed by atoms with Gasteiger partial charge in [-0.25, -0.2) is 4.98 Å². The number of methoxy groups -OCH3 is 2. The molecule has 2 aliphatic rings. The van der Waals surface area contributed by atoms with E-state index < -0.39 is 0 Å². The van der Waals surface area contributed by atoms with Crippen molar-refractivity contribution in [2.75, 3.05) is 58.9 Å². The van der Waals surface area contributed by atoms with Crippen LogP contribution in [-0.4, -0.2) is 79.7 Å². The number of ether oxygens (including phenoxy) is 3. The Bertz CT molecular complexity index is 1260. The quantitative estimate of drug-likeness (QED) is 0.487. The fraction of sp³-hybridized carbons (Fsp3) is 0.393. The number of aromatic nitrogens is 2. The summed E-state index contributed by atoms with van der Waals surface area (Å²) in [5.41, 5.74) is 2.71. The molecule has 0 bridgehead atoms. The first-order chi connectivity index (χ1) is 18.0. The van der Waals surface area contributed by atoms with E-state index >= 15 is 0 Å². The number of benzene rings is 2. The van der Waals surface area contributed by atoms with E-state index in [4.69, 9.17) is 24.2 Å². The maximum Gasteiger partial charge on any atom is 0.229 e. The van der Waals surface area contributed by atoms with Crippen molar-refractivity contribution in [1.29, 1.82) is 0 Å². The number of piperazine rings is 1. The Balaban J connectivity index is 1.42. The van der Waals surface area contributed by atoms with Crippen molar-refractivity contribution in [1.82, 2.24) is 19.8 Å². The highest BCUT2D eigenvalue weighted by Gasteiger charge is 2.28. The van der Waals surface area contributed by atoms with E-state index in [1.807, 2.05) is 53.4 Å². The number of nitrogens with zero attached hydrogens (tertiary/aromatic N) is 5. The molecule has 194 valence electrons. The zero-order valence-electron chi connectivity index (χ0n) is 21.6. The minimum Gasteiger partial charge on any atom is -0.497 e. The highest BCUT2D eigenvalue weighted by molar-refractivity contribution is 5.79. The normalized spacial score (nSPS) is 15.8. The average Bonchev–Trinajstić information content (AvgIpc) is 2.93. The van der Waals surface area contributed by atoms with Crippen molar-refractivity contribution < 1.29 is 19.0 Å². The topological polar surface area (TPSA) is 80.3 Å². The molecule has 1 fully saturated rings. The summed E-state index contributed by atoms with van der Waals surface area (Å²) in [6.07, 6.45) is 0.954. The molecule has 2 aromatic carbocycles. The summed E-state index contributed by atoms with van der Waals surface area (Å²) in [5.74, 6) is 3.30. The van der Waals surface area contributed by atoms with Crippen molar-refractivity contribution >= 4 is 11.9 Å². The minimum absolute atomic E-state index is 0.0503. The Morgan fingerprint density at radius 1 is 0.892 bits per heavy atom. The van der Waals surface area contributed by atoms with E-state index in [1.54, 1.807) is 14.2 Å². The first-order valence-electron chi connectivity index (χ1n) is 12.6. The molecule has 37 heavy (non-hydrogen) atoms. The van der Waals surface area contributed by atoms with Crippen LogP contribution >= 0.6 is 0 Å². The van der Waals surface area contributed by atoms with Gasteiger partial charge in [-0.15, -0.1) is 0 Å². The van der Waals surface area contributed by atoms with Gasteiger partial charge >= 0.3 is 0 Å². The van der Waals surface area contributed by atoms with Gasteiger partial charge in [-0.1, -0.05) is 18.2 Å². The zero-order chi connectivity index (χ0) is 25.8. The molecule has 2 aliphatic heterocycles. The van der Waals surface area contributed by atoms with Crippen molar-refractivity contribution in [3.8, 4) is 23.1 Å². The Morgan fingerprint density at radius 3 is 2.35 bits per heavy atom. The fourth-order valence-electron chi connectivity index (χ4n) is 4.66. The van der Waals surface area contributed by atoms with Gasteiger partial charge in [0, 0.05) is 45.2 Å². The lowest BCUT2D eigenvalue weighted by Crippen LogP contribution is -2.45. The SMILES string of the molecule is COc1cccc(CC(=O)N2CCc3nc(N4CCN(C)CC4)nc(Oc4cccc(OC)c4)c3C2)c1. The Kier molecular flexibility index (Phi) is 7.41. The summed E-state index contributed by atoms with van der Waals surface area (Å²) in [7, 11) is 5.38. The summed E-state index contributed by atoms with van der Waals surface area (Å²) < 4.78 is 17.0. The predicted octanol–water partition coefficient (Wildman–Crippen LogP) is 3.17. The zero-order valence-corrected chi connectivity index (χ0v) is 21.6. The van der Waals surface area contributed by atoms with Crippen LogP contribution in [0.3, 0.4) is 0 Å². The predicted molar refractivity (Wildman–Crippen MR) is 141 cm³/mol. The lowest BCUT2D eigenvalue weighted by atomic mass is 10.0. The first kappa shape index (κ1) is 24.8. The highest BCUT2D eigenvalue weighted by atomic mass is 16.5. The van der Waals surface area contributed by atoms with Crippen LogP contribution in [0.4, 0.5) is 5.95 Å². The van der Waals surface area contributed by atoms with E-state index in [-0.39, 0.29) is 5.91 Å². The summed E-state index contributed by atoms with van der Waals surface area (Å²) in [4.78, 5) is 29.4. The molecular weight excluding hydrogens is 470 g/mol. The van der Waals surface area contributed by atoms with E-state index in [0.29, 0.717) is 49.3 Å². The van der Waals surface area contributed by atoms with Gasteiger partial charge in [0.05, 0.1) is 38.4 Å². The molecule has 5 rings (SSSR count). The molecular formula is C28H33N5O4. The largest absolute Gasteiger partial charge is 0.497 e. The highest BCUT2D eigenvalue weighted by Crippen LogP contribution is 2.33. The number of likely N-dealkylation sites (N-methyl/N-ethyl adjacent to an activating group) is 1. The summed E-state index contributed by atoms with van der Waals surface area (Å²) in [6.45, 7) is 4.64. The molecule has 0 atom stereocenters. The molecule has 3 aromatic rings.